The first-order chi connectivity index (χ1) is 11.5. The summed E-state index contributed by atoms with van der Waals surface area (Å²) in [5, 5.41) is 0.859. The number of piperazine rings is 1. The molecule has 2 aromatic rings. The molecule has 0 N–H and O–H groups in total. The van der Waals surface area contributed by atoms with E-state index in [2.05, 4.69) is 68.3 Å². The first kappa shape index (κ1) is 20.7. The van der Waals surface area contributed by atoms with E-state index in [4.69, 9.17) is 11.6 Å². The van der Waals surface area contributed by atoms with Crippen LogP contribution in [-0.4, -0.2) is 48.7 Å². The Hall–Kier alpha value is -0.620. The number of halogens is 2. The minimum Gasteiger partial charge on any atom is -1.00 e. The Kier molecular flexibility index (Phi) is 7.32. The summed E-state index contributed by atoms with van der Waals surface area (Å²) in [6.07, 6.45) is 0. The molecule has 1 aliphatic heterocycles. The van der Waals surface area contributed by atoms with Gasteiger partial charge in [-0.15, -0.1) is 0 Å². The van der Waals surface area contributed by atoms with Crippen molar-refractivity contribution in [3.8, 4) is 0 Å². The standard InChI is InChI=1S/C21H28ClN2.HI/c1-17(2)24(3)15-13-23(14-16-24)21(18-9-5-4-6-10-18)19-11-7-8-12-20(19)22;/h4-12,17,21H,13-16H2,1-3H3;1H/q+1;/p-1. The fraction of sp³-hybridized carbons (Fsp3) is 0.429. The predicted octanol–water partition coefficient (Wildman–Crippen LogP) is 1.60. The summed E-state index contributed by atoms with van der Waals surface area (Å²) in [7, 11) is 2.38. The first-order valence-electron chi connectivity index (χ1n) is 8.89. The van der Waals surface area contributed by atoms with Crippen LogP contribution >= 0.6 is 11.6 Å². The second-order valence-electron chi connectivity index (χ2n) is 7.39. The lowest BCUT2D eigenvalue weighted by atomic mass is 9.96. The van der Waals surface area contributed by atoms with Crippen molar-refractivity contribution in [2.45, 2.75) is 25.9 Å². The second-order valence-corrected chi connectivity index (χ2v) is 7.80. The number of likely N-dealkylation sites (N-methyl/N-ethyl adjacent to an activating group) is 1. The smallest absolute Gasteiger partial charge is 0.0916 e. The molecule has 0 saturated carbocycles. The van der Waals surface area contributed by atoms with Gasteiger partial charge >= 0.3 is 0 Å². The lowest BCUT2D eigenvalue weighted by Crippen LogP contribution is -3.00. The summed E-state index contributed by atoms with van der Waals surface area (Å²) >= 11 is 6.56. The molecule has 1 aliphatic rings. The molecule has 1 atom stereocenters. The minimum absolute atomic E-state index is 0. The Bertz CT molecular complexity index is 667. The van der Waals surface area contributed by atoms with Gasteiger partial charge in [-0.1, -0.05) is 60.1 Å². The van der Waals surface area contributed by atoms with E-state index in [1.54, 1.807) is 0 Å². The van der Waals surface area contributed by atoms with Crippen molar-refractivity contribution >= 4 is 11.6 Å². The Morgan fingerprint density at radius 3 is 2.04 bits per heavy atom. The topological polar surface area (TPSA) is 3.24 Å². The number of hydrogen-bond acceptors (Lipinski definition) is 1. The Balaban J connectivity index is 0.00000225. The molecule has 2 nitrogen and oxygen atoms in total. The number of rotatable bonds is 4. The predicted molar refractivity (Wildman–Crippen MR) is 102 cm³/mol. The summed E-state index contributed by atoms with van der Waals surface area (Å²) in [6, 6.07) is 20.0. The molecule has 25 heavy (non-hydrogen) atoms. The Morgan fingerprint density at radius 1 is 0.920 bits per heavy atom. The van der Waals surface area contributed by atoms with Gasteiger partial charge in [-0.3, -0.25) is 4.90 Å². The van der Waals surface area contributed by atoms with Crippen LogP contribution in [0.4, 0.5) is 0 Å². The van der Waals surface area contributed by atoms with Crippen LogP contribution in [0.15, 0.2) is 54.6 Å². The van der Waals surface area contributed by atoms with Crippen molar-refractivity contribution in [3.05, 3.63) is 70.7 Å². The van der Waals surface area contributed by atoms with E-state index in [1.165, 1.54) is 24.2 Å². The third kappa shape index (κ3) is 4.57. The van der Waals surface area contributed by atoms with Gasteiger partial charge < -0.3 is 28.5 Å². The van der Waals surface area contributed by atoms with Crippen LogP contribution in [0.5, 0.6) is 0 Å². The van der Waals surface area contributed by atoms with E-state index in [9.17, 15) is 0 Å². The molecule has 0 spiro atoms. The van der Waals surface area contributed by atoms with Gasteiger partial charge in [-0.25, -0.2) is 0 Å². The van der Waals surface area contributed by atoms with Crippen LogP contribution in [0.2, 0.25) is 5.02 Å². The van der Waals surface area contributed by atoms with Crippen molar-refractivity contribution in [2.24, 2.45) is 0 Å². The molecule has 0 amide bonds. The maximum atomic E-state index is 6.56. The van der Waals surface area contributed by atoms with Gasteiger partial charge in [-0.05, 0) is 31.0 Å². The molecule has 3 rings (SSSR count). The Labute approximate surface area is 174 Å². The number of nitrogens with zero attached hydrogens (tertiary/aromatic N) is 2. The largest absolute Gasteiger partial charge is 1.00 e. The number of benzene rings is 2. The van der Waals surface area contributed by atoms with Crippen molar-refractivity contribution in [1.29, 1.82) is 0 Å². The summed E-state index contributed by atoms with van der Waals surface area (Å²) in [5.74, 6) is 0. The van der Waals surface area contributed by atoms with Gasteiger partial charge in [0.2, 0.25) is 0 Å². The van der Waals surface area contributed by atoms with E-state index in [1.807, 2.05) is 12.1 Å². The normalized spacial score (nSPS) is 18.6. The molecule has 1 saturated heterocycles. The average Bonchev–Trinajstić information content (AvgIpc) is 2.59. The van der Waals surface area contributed by atoms with Gasteiger partial charge in [-0.2, -0.15) is 0 Å². The van der Waals surface area contributed by atoms with E-state index >= 15 is 0 Å². The zero-order chi connectivity index (χ0) is 17.2. The molecule has 2 aromatic carbocycles. The van der Waals surface area contributed by atoms with E-state index in [0.717, 1.165) is 22.6 Å². The monoisotopic (exact) mass is 470 g/mol. The molecule has 1 unspecified atom stereocenters. The van der Waals surface area contributed by atoms with Crippen molar-refractivity contribution < 1.29 is 28.5 Å². The van der Waals surface area contributed by atoms with Crippen LogP contribution < -0.4 is 24.0 Å². The van der Waals surface area contributed by atoms with Crippen molar-refractivity contribution in [2.75, 3.05) is 33.2 Å². The molecule has 1 fully saturated rings. The van der Waals surface area contributed by atoms with Crippen LogP contribution in [0.1, 0.15) is 31.0 Å². The van der Waals surface area contributed by atoms with E-state index in [0.29, 0.717) is 6.04 Å². The molecule has 1 heterocycles. The molecule has 0 radical (unpaired) electrons. The highest BCUT2D eigenvalue weighted by Gasteiger charge is 2.35. The lowest BCUT2D eigenvalue weighted by Gasteiger charge is -2.47. The average molecular weight is 471 g/mol. The van der Waals surface area contributed by atoms with Gasteiger partial charge in [0.15, 0.2) is 0 Å². The van der Waals surface area contributed by atoms with Crippen LogP contribution in [0, 0.1) is 0 Å². The SMILES string of the molecule is CC(C)[N+]1(C)CCN(C(c2ccccc2)c2ccccc2Cl)CC1.[I-]. The summed E-state index contributed by atoms with van der Waals surface area (Å²) in [6.45, 7) is 9.23. The zero-order valence-corrected chi connectivity index (χ0v) is 18.2. The Morgan fingerprint density at radius 2 is 1.48 bits per heavy atom. The summed E-state index contributed by atoms with van der Waals surface area (Å²) in [4.78, 5) is 2.60. The van der Waals surface area contributed by atoms with Crippen molar-refractivity contribution in [1.82, 2.24) is 4.90 Å². The van der Waals surface area contributed by atoms with Crippen LogP contribution in [0.25, 0.3) is 0 Å². The third-order valence-electron chi connectivity index (χ3n) is 5.72. The number of hydrogen-bond donors (Lipinski definition) is 0. The third-order valence-corrected chi connectivity index (χ3v) is 6.07. The minimum atomic E-state index is 0. The fourth-order valence-electron chi connectivity index (χ4n) is 3.63. The fourth-order valence-corrected chi connectivity index (χ4v) is 3.87. The van der Waals surface area contributed by atoms with Gasteiger partial charge in [0, 0.05) is 18.1 Å². The van der Waals surface area contributed by atoms with E-state index in [-0.39, 0.29) is 30.0 Å². The van der Waals surface area contributed by atoms with Gasteiger partial charge in [0.05, 0.1) is 32.2 Å². The maximum Gasteiger partial charge on any atom is 0.0916 e. The molecule has 0 aliphatic carbocycles. The molecular formula is C21H28ClIN2. The zero-order valence-electron chi connectivity index (χ0n) is 15.3. The quantitative estimate of drug-likeness (QED) is 0.485. The maximum absolute atomic E-state index is 6.56. The van der Waals surface area contributed by atoms with Crippen molar-refractivity contribution in [3.63, 3.8) is 0 Å². The molecular weight excluding hydrogens is 443 g/mol. The lowest BCUT2D eigenvalue weighted by molar-refractivity contribution is -0.933. The highest BCUT2D eigenvalue weighted by Crippen LogP contribution is 2.34. The van der Waals surface area contributed by atoms with E-state index < -0.39 is 0 Å². The second kappa shape index (κ2) is 8.85. The molecule has 136 valence electrons. The highest BCUT2D eigenvalue weighted by atomic mass is 127. The molecule has 0 bridgehead atoms. The number of quaternary nitrogens is 1. The van der Waals surface area contributed by atoms with Crippen LogP contribution in [-0.2, 0) is 0 Å². The van der Waals surface area contributed by atoms with Gasteiger partial charge in [0.1, 0.15) is 0 Å². The molecule has 0 aromatic heterocycles. The van der Waals surface area contributed by atoms with Crippen LogP contribution in [0.3, 0.4) is 0 Å². The first-order valence-corrected chi connectivity index (χ1v) is 9.27. The summed E-state index contributed by atoms with van der Waals surface area (Å²) in [5.41, 5.74) is 2.54. The summed E-state index contributed by atoms with van der Waals surface area (Å²) < 4.78 is 1.15. The molecule has 4 heteroatoms. The highest BCUT2D eigenvalue weighted by molar-refractivity contribution is 6.31. The van der Waals surface area contributed by atoms with Gasteiger partial charge in [0.25, 0.3) is 0 Å².